The molecule has 0 saturated carbocycles. The molecule has 0 radical (unpaired) electrons. The van der Waals surface area contributed by atoms with Crippen molar-refractivity contribution >= 4 is 17.4 Å². The van der Waals surface area contributed by atoms with Crippen LogP contribution in [0.4, 0.5) is 16.2 Å². The van der Waals surface area contributed by atoms with Crippen molar-refractivity contribution in [2.45, 2.75) is 38.6 Å². The highest BCUT2D eigenvalue weighted by molar-refractivity contribution is 5.90. The number of para-hydroxylation sites is 1. The van der Waals surface area contributed by atoms with Gasteiger partial charge in [-0.2, -0.15) is 0 Å². The maximum absolute atomic E-state index is 12.5. The molecule has 0 atom stereocenters. The van der Waals surface area contributed by atoms with Crippen molar-refractivity contribution in [1.82, 2.24) is 4.90 Å². The van der Waals surface area contributed by atoms with Gasteiger partial charge in [-0.1, -0.05) is 44.2 Å². The van der Waals surface area contributed by atoms with Crippen LogP contribution in [0.2, 0.25) is 0 Å². The standard InChI is InChI=1S/C22H27N3O/c1-16(2)17-9-11-19(12-10-17)23-22(26)24-14-20(15-24)25-13-5-7-18-6-3-4-8-21(18)25/h3-4,6,8-12,16,20H,5,7,13-15H2,1-2H3,(H,23,26). The zero-order chi connectivity index (χ0) is 18.1. The predicted octanol–water partition coefficient (Wildman–Crippen LogP) is 4.48. The molecule has 0 spiro atoms. The fourth-order valence-electron chi connectivity index (χ4n) is 3.91. The minimum atomic E-state index is 0.00356. The first-order valence-electron chi connectivity index (χ1n) is 9.62. The summed E-state index contributed by atoms with van der Waals surface area (Å²) in [6, 6.07) is 17.3. The number of rotatable bonds is 3. The largest absolute Gasteiger partial charge is 0.365 e. The van der Waals surface area contributed by atoms with Gasteiger partial charge in [-0.3, -0.25) is 0 Å². The Labute approximate surface area is 155 Å². The first-order chi connectivity index (χ1) is 12.6. The van der Waals surface area contributed by atoms with Crippen LogP contribution in [0.3, 0.4) is 0 Å². The summed E-state index contributed by atoms with van der Waals surface area (Å²) in [6.45, 7) is 7.03. The molecule has 26 heavy (non-hydrogen) atoms. The van der Waals surface area contributed by atoms with Crippen molar-refractivity contribution in [1.29, 1.82) is 0 Å². The Morgan fingerprint density at radius 2 is 1.81 bits per heavy atom. The molecular weight excluding hydrogens is 322 g/mol. The van der Waals surface area contributed by atoms with E-state index < -0.39 is 0 Å². The van der Waals surface area contributed by atoms with Crippen LogP contribution < -0.4 is 10.2 Å². The van der Waals surface area contributed by atoms with Crippen molar-refractivity contribution < 1.29 is 4.79 Å². The van der Waals surface area contributed by atoms with Crippen LogP contribution in [0.25, 0.3) is 0 Å². The molecule has 0 aromatic heterocycles. The highest BCUT2D eigenvalue weighted by Gasteiger charge is 2.36. The summed E-state index contributed by atoms with van der Waals surface area (Å²) < 4.78 is 0. The molecule has 1 N–H and O–H groups in total. The van der Waals surface area contributed by atoms with E-state index in [1.807, 2.05) is 17.0 Å². The van der Waals surface area contributed by atoms with Crippen LogP contribution in [0.1, 0.15) is 37.3 Å². The van der Waals surface area contributed by atoms with Crippen LogP contribution in [0.15, 0.2) is 48.5 Å². The molecule has 0 unspecified atom stereocenters. The minimum Gasteiger partial charge on any atom is -0.365 e. The minimum absolute atomic E-state index is 0.00356. The van der Waals surface area contributed by atoms with Crippen LogP contribution >= 0.6 is 0 Å². The third-order valence-electron chi connectivity index (χ3n) is 5.57. The first-order valence-corrected chi connectivity index (χ1v) is 9.62. The van der Waals surface area contributed by atoms with Crippen molar-refractivity contribution in [2.24, 2.45) is 0 Å². The summed E-state index contributed by atoms with van der Waals surface area (Å²) in [6.07, 6.45) is 2.36. The van der Waals surface area contributed by atoms with Gasteiger partial charge in [-0.25, -0.2) is 4.79 Å². The Morgan fingerprint density at radius 1 is 1.08 bits per heavy atom. The molecule has 2 aliphatic rings. The number of fused-ring (bicyclic) bond motifs is 1. The van der Waals surface area contributed by atoms with Gasteiger partial charge in [0.15, 0.2) is 0 Å². The second-order valence-electron chi connectivity index (χ2n) is 7.69. The summed E-state index contributed by atoms with van der Waals surface area (Å²) in [7, 11) is 0. The van der Waals surface area contributed by atoms with E-state index >= 15 is 0 Å². The molecule has 1 fully saturated rings. The van der Waals surface area contributed by atoms with E-state index in [1.54, 1.807) is 0 Å². The van der Waals surface area contributed by atoms with Crippen molar-refractivity contribution in [3.63, 3.8) is 0 Å². The number of carbonyl (C=O) groups excluding carboxylic acids is 1. The number of aryl methyl sites for hydroxylation is 1. The summed E-state index contributed by atoms with van der Waals surface area (Å²) >= 11 is 0. The third-order valence-corrected chi connectivity index (χ3v) is 5.57. The molecule has 0 aliphatic carbocycles. The highest BCUT2D eigenvalue weighted by Crippen LogP contribution is 2.31. The smallest absolute Gasteiger partial charge is 0.321 e. The number of benzene rings is 2. The molecule has 1 saturated heterocycles. The zero-order valence-electron chi connectivity index (χ0n) is 15.6. The van der Waals surface area contributed by atoms with Gasteiger partial charge in [0.2, 0.25) is 0 Å². The van der Waals surface area contributed by atoms with Crippen LogP contribution in [0.5, 0.6) is 0 Å². The molecule has 4 heteroatoms. The number of hydrogen-bond acceptors (Lipinski definition) is 2. The summed E-state index contributed by atoms with van der Waals surface area (Å²) in [4.78, 5) is 16.9. The number of urea groups is 1. The van der Waals surface area contributed by atoms with Gasteiger partial charge in [0.25, 0.3) is 0 Å². The Hall–Kier alpha value is -2.49. The number of nitrogens with one attached hydrogen (secondary N) is 1. The van der Waals surface area contributed by atoms with Gasteiger partial charge >= 0.3 is 6.03 Å². The van der Waals surface area contributed by atoms with Crippen molar-refractivity contribution in [2.75, 3.05) is 29.9 Å². The van der Waals surface area contributed by atoms with Gasteiger partial charge in [0, 0.05) is 31.0 Å². The third kappa shape index (κ3) is 3.28. The summed E-state index contributed by atoms with van der Waals surface area (Å²) in [5, 5.41) is 3.02. The molecule has 2 aromatic rings. The van der Waals surface area contributed by atoms with Crippen LogP contribution in [-0.4, -0.2) is 36.6 Å². The second-order valence-corrected chi connectivity index (χ2v) is 7.69. The fourth-order valence-corrected chi connectivity index (χ4v) is 3.91. The lowest BCUT2D eigenvalue weighted by Crippen LogP contribution is -2.62. The van der Waals surface area contributed by atoms with E-state index in [2.05, 4.69) is 60.5 Å². The quantitative estimate of drug-likeness (QED) is 0.887. The highest BCUT2D eigenvalue weighted by atomic mass is 16.2. The van der Waals surface area contributed by atoms with E-state index in [0.717, 1.165) is 31.7 Å². The lowest BCUT2D eigenvalue weighted by molar-refractivity contribution is 0.160. The normalized spacial score (nSPS) is 17.0. The average Bonchev–Trinajstić information content (AvgIpc) is 2.61. The Kier molecular flexibility index (Phi) is 4.58. The Bertz CT molecular complexity index is 778. The zero-order valence-corrected chi connectivity index (χ0v) is 15.6. The number of likely N-dealkylation sites (tertiary alicyclic amines) is 1. The van der Waals surface area contributed by atoms with Gasteiger partial charge in [0.05, 0.1) is 6.04 Å². The molecule has 4 rings (SSSR count). The van der Waals surface area contributed by atoms with Crippen molar-refractivity contribution in [3.8, 4) is 0 Å². The van der Waals surface area contributed by atoms with E-state index in [9.17, 15) is 4.79 Å². The Balaban J connectivity index is 1.34. The van der Waals surface area contributed by atoms with Crippen LogP contribution in [-0.2, 0) is 6.42 Å². The lowest BCUT2D eigenvalue weighted by Gasteiger charge is -2.48. The molecule has 0 bridgehead atoms. The molecular formula is C22H27N3O. The van der Waals surface area contributed by atoms with Gasteiger partial charge in [-0.15, -0.1) is 0 Å². The van der Waals surface area contributed by atoms with E-state index in [0.29, 0.717) is 12.0 Å². The number of nitrogens with zero attached hydrogens (tertiary/aromatic N) is 2. The second kappa shape index (κ2) is 7.02. The predicted molar refractivity (Wildman–Crippen MR) is 107 cm³/mol. The first kappa shape index (κ1) is 17.0. The van der Waals surface area contributed by atoms with Gasteiger partial charge < -0.3 is 15.1 Å². The number of carbonyl (C=O) groups is 1. The Morgan fingerprint density at radius 3 is 2.54 bits per heavy atom. The molecule has 2 aliphatic heterocycles. The average molecular weight is 349 g/mol. The number of amides is 2. The maximum atomic E-state index is 12.5. The van der Waals surface area contributed by atoms with E-state index in [-0.39, 0.29) is 6.03 Å². The fraction of sp³-hybridized carbons (Fsp3) is 0.409. The monoisotopic (exact) mass is 349 g/mol. The van der Waals surface area contributed by atoms with Gasteiger partial charge in [-0.05, 0) is 48.1 Å². The van der Waals surface area contributed by atoms with E-state index in [4.69, 9.17) is 0 Å². The SMILES string of the molecule is CC(C)c1ccc(NC(=O)N2CC(N3CCCc4ccccc43)C2)cc1. The molecule has 136 valence electrons. The van der Waals surface area contributed by atoms with Gasteiger partial charge in [0.1, 0.15) is 0 Å². The lowest BCUT2D eigenvalue weighted by atomic mass is 9.97. The summed E-state index contributed by atoms with van der Waals surface area (Å²) in [5.41, 5.74) is 4.95. The number of hydrogen-bond donors (Lipinski definition) is 1. The molecule has 2 amide bonds. The molecule has 4 nitrogen and oxygen atoms in total. The maximum Gasteiger partial charge on any atom is 0.321 e. The molecule has 2 heterocycles. The topological polar surface area (TPSA) is 35.6 Å². The number of anilines is 2. The van der Waals surface area contributed by atoms with Crippen LogP contribution in [0, 0.1) is 0 Å². The summed E-state index contributed by atoms with van der Waals surface area (Å²) in [5.74, 6) is 0.503. The molecule has 2 aromatic carbocycles. The van der Waals surface area contributed by atoms with E-state index in [1.165, 1.54) is 23.2 Å². The van der Waals surface area contributed by atoms with Crippen molar-refractivity contribution in [3.05, 3.63) is 59.7 Å².